The number of hydrogen-bond donors (Lipinski definition) is 2. The first-order valence-electron chi connectivity index (χ1n) is 4.52. The Balaban J connectivity index is 2.62. The summed E-state index contributed by atoms with van der Waals surface area (Å²) in [4.78, 5) is 4.16. The van der Waals surface area contributed by atoms with Crippen LogP contribution in [0.5, 0.6) is 5.75 Å². The number of hydrogen-bond acceptors (Lipinski definition) is 4. The van der Waals surface area contributed by atoms with Crippen molar-refractivity contribution in [1.82, 2.24) is 4.98 Å². The van der Waals surface area contributed by atoms with Gasteiger partial charge in [-0.15, -0.1) is 0 Å². The SMILES string of the molecule is Nc1nc2cc(O)c3ccccc3c2s1. The molecule has 0 fully saturated rings. The maximum atomic E-state index is 9.80. The number of nitrogens with zero attached hydrogens (tertiary/aromatic N) is 1. The van der Waals surface area contributed by atoms with E-state index in [2.05, 4.69) is 4.98 Å². The first-order valence-corrected chi connectivity index (χ1v) is 5.34. The molecule has 0 unspecified atom stereocenters. The highest BCUT2D eigenvalue weighted by Gasteiger charge is 2.08. The highest BCUT2D eigenvalue weighted by molar-refractivity contribution is 7.23. The largest absolute Gasteiger partial charge is 0.507 e. The topological polar surface area (TPSA) is 59.1 Å². The van der Waals surface area contributed by atoms with Gasteiger partial charge >= 0.3 is 0 Å². The second kappa shape index (κ2) is 2.84. The van der Waals surface area contributed by atoms with Crippen LogP contribution in [0, 0.1) is 0 Å². The van der Waals surface area contributed by atoms with E-state index in [9.17, 15) is 5.11 Å². The molecule has 4 heteroatoms. The summed E-state index contributed by atoms with van der Waals surface area (Å²) in [6.45, 7) is 0. The third-order valence-electron chi connectivity index (χ3n) is 2.39. The summed E-state index contributed by atoms with van der Waals surface area (Å²) in [6, 6.07) is 9.36. The average Bonchev–Trinajstić information content (AvgIpc) is 2.59. The summed E-state index contributed by atoms with van der Waals surface area (Å²) in [7, 11) is 0. The van der Waals surface area contributed by atoms with Crippen LogP contribution in [0.25, 0.3) is 21.0 Å². The zero-order chi connectivity index (χ0) is 10.4. The van der Waals surface area contributed by atoms with E-state index >= 15 is 0 Å². The van der Waals surface area contributed by atoms with Crippen LogP contribution >= 0.6 is 11.3 Å². The molecule has 0 spiro atoms. The Morgan fingerprint density at radius 3 is 2.73 bits per heavy atom. The fraction of sp³-hybridized carbons (Fsp3) is 0. The second-order valence-corrected chi connectivity index (χ2v) is 4.37. The lowest BCUT2D eigenvalue weighted by Crippen LogP contribution is -1.79. The summed E-state index contributed by atoms with van der Waals surface area (Å²) in [5.74, 6) is 0.253. The molecule has 0 aliphatic rings. The normalized spacial score (nSPS) is 11.2. The average molecular weight is 216 g/mol. The predicted molar refractivity (Wildman–Crippen MR) is 63.2 cm³/mol. The quantitative estimate of drug-likeness (QED) is 0.607. The summed E-state index contributed by atoms with van der Waals surface area (Å²) < 4.78 is 1.03. The van der Waals surface area contributed by atoms with Crippen molar-refractivity contribution in [3.63, 3.8) is 0 Å². The molecule has 15 heavy (non-hydrogen) atoms. The molecule has 0 radical (unpaired) electrons. The first-order chi connectivity index (χ1) is 7.25. The highest BCUT2D eigenvalue weighted by atomic mass is 32.1. The van der Waals surface area contributed by atoms with Gasteiger partial charge in [-0.1, -0.05) is 35.6 Å². The molecule has 0 saturated heterocycles. The first kappa shape index (κ1) is 8.49. The van der Waals surface area contributed by atoms with Crippen molar-refractivity contribution >= 4 is 37.5 Å². The number of nitrogens with two attached hydrogens (primary N) is 1. The number of nitrogen functional groups attached to an aromatic ring is 1. The van der Waals surface area contributed by atoms with E-state index in [0.29, 0.717) is 5.13 Å². The van der Waals surface area contributed by atoms with Gasteiger partial charge in [-0.2, -0.15) is 0 Å². The molecule has 0 aliphatic carbocycles. The van der Waals surface area contributed by atoms with E-state index in [4.69, 9.17) is 5.73 Å². The van der Waals surface area contributed by atoms with Gasteiger partial charge in [0.05, 0.1) is 10.2 Å². The molecule has 0 amide bonds. The number of benzene rings is 2. The van der Waals surface area contributed by atoms with Crippen LogP contribution in [0.15, 0.2) is 30.3 Å². The molecule has 0 bridgehead atoms. The van der Waals surface area contributed by atoms with Crippen molar-refractivity contribution in [1.29, 1.82) is 0 Å². The standard InChI is InChI=1S/C11H8N2OS/c12-11-13-8-5-9(14)6-3-1-2-4-7(6)10(8)15-11/h1-5,14H,(H2,12,13). The molecule has 0 atom stereocenters. The van der Waals surface area contributed by atoms with E-state index < -0.39 is 0 Å². The van der Waals surface area contributed by atoms with E-state index in [1.54, 1.807) is 6.07 Å². The number of phenolic OH excluding ortho intramolecular Hbond substituents is 1. The monoisotopic (exact) mass is 216 g/mol. The molecular weight excluding hydrogens is 208 g/mol. The fourth-order valence-corrected chi connectivity index (χ4v) is 2.60. The van der Waals surface area contributed by atoms with Crippen LogP contribution in [0.1, 0.15) is 0 Å². The van der Waals surface area contributed by atoms with Gasteiger partial charge < -0.3 is 10.8 Å². The van der Waals surface area contributed by atoms with E-state index in [0.717, 1.165) is 21.0 Å². The third-order valence-corrected chi connectivity index (χ3v) is 3.32. The van der Waals surface area contributed by atoms with Crippen molar-refractivity contribution in [3.8, 4) is 5.75 Å². The Morgan fingerprint density at radius 1 is 1.20 bits per heavy atom. The van der Waals surface area contributed by atoms with Gasteiger partial charge in [-0.05, 0) is 0 Å². The Labute approximate surface area is 89.8 Å². The summed E-state index contributed by atoms with van der Waals surface area (Å²) in [5.41, 5.74) is 6.42. The summed E-state index contributed by atoms with van der Waals surface area (Å²) >= 11 is 1.45. The van der Waals surface area contributed by atoms with Crippen LogP contribution in [-0.4, -0.2) is 10.1 Å². The number of fused-ring (bicyclic) bond motifs is 3. The van der Waals surface area contributed by atoms with Crippen molar-refractivity contribution in [3.05, 3.63) is 30.3 Å². The third kappa shape index (κ3) is 1.15. The lowest BCUT2D eigenvalue weighted by molar-refractivity contribution is 0.482. The molecule has 1 aromatic heterocycles. The minimum atomic E-state index is 0.253. The Hall–Kier alpha value is -1.81. The molecule has 0 aliphatic heterocycles. The Kier molecular flexibility index (Phi) is 1.61. The van der Waals surface area contributed by atoms with Gasteiger partial charge in [0.1, 0.15) is 5.75 Å². The molecule has 3 rings (SSSR count). The van der Waals surface area contributed by atoms with Gasteiger partial charge in [0, 0.05) is 16.8 Å². The molecule has 2 aromatic carbocycles. The molecule has 1 heterocycles. The molecule has 3 nitrogen and oxygen atoms in total. The Morgan fingerprint density at radius 2 is 1.93 bits per heavy atom. The van der Waals surface area contributed by atoms with Crippen molar-refractivity contribution in [2.75, 3.05) is 5.73 Å². The molecular formula is C11H8N2OS. The van der Waals surface area contributed by atoms with Crippen LogP contribution in [0.3, 0.4) is 0 Å². The lowest BCUT2D eigenvalue weighted by Gasteiger charge is -2.00. The van der Waals surface area contributed by atoms with Gasteiger partial charge in [0.25, 0.3) is 0 Å². The highest BCUT2D eigenvalue weighted by Crippen LogP contribution is 2.36. The number of rotatable bonds is 0. The number of anilines is 1. The van der Waals surface area contributed by atoms with Gasteiger partial charge in [0.2, 0.25) is 0 Å². The molecule has 0 saturated carbocycles. The van der Waals surface area contributed by atoms with Crippen molar-refractivity contribution in [2.24, 2.45) is 0 Å². The smallest absolute Gasteiger partial charge is 0.181 e. The lowest BCUT2D eigenvalue weighted by atomic mass is 10.1. The maximum Gasteiger partial charge on any atom is 0.181 e. The minimum Gasteiger partial charge on any atom is -0.507 e. The zero-order valence-electron chi connectivity index (χ0n) is 7.77. The number of thiazole rings is 1. The molecule has 3 N–H and O–H groups in total. The van der Waals surface area contributed by atoms with Crippen LogP contribution in [0.4, 0.5) is 5.13 Å². The van der Waals surface area contributed by atoms with Gasteiger partial charge in [-0.3, -0.25) is 0 Å². The molecule has 3 aromatic rings. The van der Waals surface area contributed by atoms with Gasteiger partial charge in [0.15, 0.2) is 5.13 Å². The van der Waals surface area contributed by atoms with Crippen molar-refractivity contribution < 1.29 is 5.11 Å². The second-order valence-electron chi connectivity index (χ2n) is 3.34. The number of aromatic hydroxyl groups is 1. The Bertz CT molecular complexity index is 660. The predicted octanol–water partition coefficient (Wildman–Crippen LogP) is 2.74. The zero-order valence-corrected chi connectivity index (χ0v) is 8.58. The van der Waals surface area contributed by atoms with Crippen LogP contribution in [-0.2, 0) is 0 Å². The van der Waals surface area contributed by atoms with Gasteiger partial charge in [-0.25, -0.2) is 4.98 Å². The minimum absolute atomic E-state index is 0.253. The van der Waals surface area contributed by atoms with E-state index in [-0.39, 0.29) is 5.75 Å². The fourth-order valence-electron chi connectivity index (χ4n) is 1.75. The summed E-state index contributed by atoms with van der Waals surface area (Å²) in [5, 5.41) is 12.2. The number of phenols is 1. The van der Waals surface area contributed by atoms with Crippen molar-refractivity contribution in [2.45, 2.75) is 0 Å². The number of aromatic nitrogens is 1. The van der Waals surface area contributed by atoms with Crippen LogP contribution in [0.2, 0.25) is 0 Å². The van der Waals surface area contributed by atoms with Crippen LogP contribution < -0.4 is 5.73 Å². The molecule has 74 valence electrons. The van der Waals surface area contributed by atoms with E-state index in [1.807, 2.05) is 24.3 Å². The summed E-state index contributed by atoms with van der Waals surface area (Å²) in [6.07, 6.45) is 0. The maximum absolute atomic E-state index is 9.80. The van der Waals surface area contributed by atoms with E-state index in [1.165, 1.54) is 11.3 Å².